The monoisotopic (exact) mass is 414 g/mol. The lowest BCUT2D eigenvalue weighted by Gasteiger charge is -2.39. The molecule has 4 rings (SSSR count). The summed E-state index contributed by atoms with van der Waals surface area (Å²) in [6.45, 7) is 7.06. The highest BCUT2D eigenvalue weighted by atomic mass is 14.4. The van der Waals surface area contributed by atoms with Gasteiger partial charge in [-0.1, -0.05) is 128 Å². The van der Waals surface area contributed by atoms with Crippen molar-refractivity contribution in [1.82, 2.24) is 0 Å². The van der Waals surface area contributed by atoms with Gasteiger partial charge >= 0.3 is 0 Å². The van der Waals surface area contributed by atoms with Crippen LogP contribution in [0.25, 0.3) is 0 Å². The van der Waals surface area contributed by atoms with E-state index < -0.39 is 0 Å². The van der Waals surface area contributed by atoms with Gasteiger partial charge in [-0.25, -0.2) is 0 Å². The first-order valence-electron chi connectivity index (χ1n) is 11.8. The lowest BCUT2D eigenvalue weighted by Crippen LogP contribution is -2.33. The van der Waals surface area contributed by atoms with Gasteiger partial charge in [0.25, 0.3) is 0 Å². The van der Waals surface area contributed by atoms with E-state index in [0.717, 1.165) is 6.42 Å². The normalized spacial score (nSPS) is 18.1. The van der Waals surface area contributed by atoms with Gasteiger partial charge < -0.3 is 0 Å². The maximum absolute atomic E-state index is 2.42. The van der Waals surface area contributed by atoms with Crippen molar-refractivity contribution in [3.05, 3.63) is 119 Å². The zero-order valence-electron chi connectivity index (χ0n) is 20.4. The molecule has 0 bridgehead atoms. The molecule has 0 N–H and O–H groups in total. The maximum atomic E-state index is 2.42. The maximum Gasteiger partial charge on any atom is 0.139 e. The minimum atomic E-state index is -0.0755. The van der Waals surface area contributed by atoms with Crippen LogP contribution in [0.4, 0.5) is 0 Å². The number of hydrogen-bond donors (Lipinski definition) is 0. The van der Waals surface area contributed by atoms with Crippen molar-refractivity contribution in [3.8, 4) is 0 Å². The SMILES string of the molecule is BC1=CCC(C(C)(c2ccc(B)cc2)c2ccc(C(C)(C)c3ccc(B)cc3)cc2)C=C1. The highest BCUT2D eigenvalue weighted by Gasteiger charge is 2.36. The van der Waals surface area contributed by atoms with Crippen LogP contribution in [0.2, 0.25) is 0 Å². The molecular weight excluding hydrogens is 381 g/mol. The topological polar surface area (TPSA) is 0 Å². The molecule has 0 heterocycles. The van der Waals surface area contributed by atoms with Crippen LogP contribution in [0.3, 0.4) is 0 Å². The third-order valence-corrected chi connectivity index (χ3v) is 7.66. The predicted molar refractivity (Wildman–Crippen MR) is 148 cm³/mol. The Kier molecular flexibility index (Phi) is 6.12. The van der Waals surface area contributed by atoms with E-state index in [9.17, 15) is 0 Å². The zero-order chi connectivity index (χ0) is 22.9. The van der Waals surface area contributed by atoms with Gasteiger partial charge in [0.05, 0.1) is 0 Å². The molecule has 0 fully saturated rings. The second-order valence-electron chi connectivity index (χ2n) is 10.3. The van der Waals surface area contributed by atoms with Gasteiger partial charge in [-0.05, 0) is 34.6 Å². The average Bonchev–Trinajstić information content (AvgIpc) is 2.80. The summed E-state index contributed by atoms with van der Waals surface area (Å²) in [5.41, 5.74) is 9.34. The molecule has 0 aromatic heterocycles. The van der Waals surface area contributed by atoms with Crippen molar-refractivity contribution in [2.75, 3.05) is 0 Å². The van der Waals surface area contributed by atoms with Crippen molar-refractivity contribution in [2.45, 2.75) is 38.0 Å². The van der Waals surface area contributed by atoms with E-state index in [1.165, 1.54) is 38.7 Å². The molecule has 1 aliphatic rings. The van der Waals surface area contributed by atoms with Gasteiger partial charge in [0, 0.05) is 10.8 Å². The summed E-state index contributed by atoms with van der Waals surface area (Å²) in [7, 11) is 6.50. The van der Waals surface area contributed by atoms with Crippen LogP contribution in [-0.2, 0) is 10.8 Å². The van der Waals surface area contributed by atoms with E-state index in [1.54, 1.807) is 0 Å². The Morgan fingerprint density at radius 1 is 0.625 bits per heavy atom. The van der Waals surface area contributed by atoms with Crippen LogP contribution in [0.15, 0.2) is 96.5 Å². The molecule has 158 valence electrons. The van der Waals surface area contributed by atoms with Gasteiger partial charge in [0.2, 0.25) is 0 Å². The number of rotatable bonds is 5. The Bertz CT molecular complexity index is 1140. The summed E-state index contributed by atoms with van der Waals surface area (Å²) < 4.78 is 0. The molecule has 3 heteroatoms. The summed E-state index contributed by atoms with van der Waals surface area (Å²) >= 11 is 0. The molecule has 0 spiro atoms. The highest BCUT2D eigenvalue weighted by Crippen LogP contribution is 2.43. The van der Waals surface area contributed by atoms with E-state index >= 15 is 0 Å². The first-order valence-corrected chi connectivity index (χ1v) is 11.8. The molecule has 0 saturated heterocycles. The fraction of sp³-hybridized carbons (Fsp3) is 0.241. The van der Waals surface area contributed by atoms with Gasteiger partial charge in [-0.2, -0.15) is 0 Å². The molecule has 2 unspecified atom stereocenters. The molecule has 3 aromatic carbocycles. The van der Waals surface area contributed by atoms with Crippen LogP contribution in [0.5, 0.6) is 0 Å². The van der Waals surface area contributed by atoms with Crippen LogP contribution in [-0.4, -0.2) is 23.5 Å². The van der Waals surface area contributed by atoms with E-state index in [4.69, 9.17) is 0 Å². The Hall–Kier alpha value is -2.67. The van der Waals surface area contributed by atoms with E-state index in [0.29, 0.717) is 5.92 Å². The van der Waals surface area contributed by atoms with E-state index in [2.05, 4.69) is 135 Å². The van der Waals surface area contributed by atoms with Crippen molar-refractivity contribution in [2.24, 2.45) is 5.92 Å². The largest absolute Gasteiger partial charge is 0.139 e. The summed E-state index contributed by atoms with van der Waals surface area (Å²) in [5, 5.41) is 0. The first kappa shape index (κ1) is 22.5. The van der Waals surface area contributed by atoms with Crippen molar-refractivity contribution in [3.63, 3.8) is 0 Å². The summed E-state index contributed by atoms with van der Waals surface area (Å²) in [6.07, 6.45) is 8.16. The van der Waals surface area contributed by atoms with Crippen LogP contribution < -0.4 is 10.9 Å². The number of hydrogen-bond acceptors (Lipinski definition) is 0. The van der Waals surface area contributed by atoms with Crippen molar-refractivity contribution in [1.29, 1.82) is 0 Å². The van der Waals surface area contributed by atoms with Crippen molar-refractivity contribution >= 4 is 34.5 Å². The van der Waals surface area contributed by atoms with Gasteiger partial charge in [-0.15, -0.1) is 0 Å². The second kappa shape index (κ2) is 8.70. The highest BCUT2D eigenvalue weighted by molar-refractivity contribution is 6.32. The van der Waals surface area contributed by atoms with Crippen LogP contribution >= 0.6 is 0 Å². The Labute approximate surface area is 197 Å². The molecule has 0 nitrogen and oxygen atoms in total. The molecule has 2 atom stereocenters. The number of allylic oxidation sites excluding steroid dienone is 4. The lowest BCUT2D eigenvalue weighted by molar-refractivity contribution is 0.415. The quantitative estimate of drug-likeness (QED) is 0.564. The standard InChI is InChI=1S/C29H33B3/c1-28(2,21-8-14-25(30)15-9-21)20-4-6-22(7-5-20)29(3,23-10-16-26(31)17-11-23)24-12-18-27(32)19-13-24/h4-12,14-19,24H,13,30-32H2,1-3H3. The molecule has 0 radical (unpaired) electrons. The summed E-state index contributed by atoms with van der Waals surface area (Å²) in [6, 6.07) is 27.5. The molecule has 1 aliphatic carbocycles. The first-order chi connectivity index (χ1) is 15.2. The third kappa shape index (κ3) is 4.18. The van der Waals surface area contributed by atoms with Crippen molar-refractivity contribution < 1.29 is 0 Å². The second-order valence-corrected chi connectivity index (χ2v) is 10.3. The fourth-order valence-corrected chi connectivity index (χ4v) is 5.02. The molecular formula is C29H33B3. The molecule has 32 heavy (non-hydrogen) atoms. The van der Waals surface area contributed by atoms with Crippen LogP contribution in [0, 0.1) is 5.92 Å². The molecule has 0 aliphatic heterocycles. The molecule has 3 aromatic rings. The summed E-state index contributed by atoms with van der Waals surface area (Å²) in [5.74, 6) is 0.435. The van der Waals surface area contributed by atoms with Gasteiger partial charge in [0.1, 0.15) is 23.5 Å². The minimum absolute atomic E-state index is 0.0307. The van der Waals surface area contributed by atoms with Gasteiger partial charge in [0.15, 0.2) is 0 Å². The third-order valence-electron chi connectivity index (χ3n) is 7.66. The van der Waals surface area contributed by atoms with E-state index in [1.807, 2.05) is 0 Å². The smallest absolute Gasteiger partial charge is 0.0932 e. The summed E-state index contributed by atoms with van der Waals surface area (Å²) in [4.78, 5) is 0. The Morgan fingerprint density at radius 3 is 1.47 bits per heavy atom. The Balaban J connectivity index is 1.74. The minimum Gasteiger partial charge on any atom is -0.0932 e. The number of benzene rings is 3. The van der Waals surface area contributed by atoms with Crippen LogP contribution in [0.1, 0.15) is 49.4 Å². The van der Waals surface area contributed by atoms with Gasteiger partial charge in [-0.3, -0.25) is 0 Å². The Morgan fingerprint density at radius 2 is 1.03 bits per heavy atom. The lowest BCUT2D eigenvalue weighted by atomic mass is 9.63. The van der Waals surface area contributed by atoms with E-state index in [-0.39, 0.29) is 10.8 Å². The molecule has 0 saturated carbocycles. The zero-order valence-corrected chi connectivity index (χ0v) is 20.4. The average molecular weight is 414 g/mol. The predicted octanol–water partition coefficient (Wildman–Crippen LogP) is 2.93. The fourth-order valence-electron chi connectivity index (χ4n) is 5.02. The molecule has 0 amide bonds.